The second kappa shape index (κ2) is 11.1. The second-order valence-corrected chi connectivity index (χ2v) is 9.59. The van der Waals surface area contributed by atoms with E-state index in [9.17, 15) is 29.4 Å². The predicted octanol–water partition coefficient (Wildman–Crippen LogP) is -2.05. The first kappa shape index (κ1) is 29.1. The van der Waals surface area contributed by atoms with Gasteiger partial charge in [-0.3, -0.25) is 20.1 Å². The number of aromatic nitrogens is 1. The Morgan fingerprint density at radius 2 is 1.86 bits per heavy atom. The average Bonchev–Trinajstić information content (AvgIpc) is 2.81. The average molecular weight is 528 g/mol. The Labute approximate surface area is 233 Å². The standard InChI is InChI=1S/C24H29FN4O7.Na/c1-12-2-3-14-19-15(10-17(25)20(14)28-8-5-13(30)6-9-28)21(33)16(11-29(12)19)22(34)27-24(26,23(35)36)7-4-18(31)32;/h10-13,30H,2-9,26H2,1H3,(H,27,34)(H,31,32)(H,35,36);/q;+1/t12-,24?;/m0./s1. The van der Waals surface area contributed by atoms with E-state index in [1.54, 1.807) is 4.57 Å². The first-order chi connectivity index (χ1) is 16.9. The van der Waals surface area contributed by atoms with E-state index in [0.717, 1.165) is 6.07 Å². The molecule has 2 aliphatic rings. The number of hydrogen-bond donors (Lipinski definition) is 5. The Hall–Kier alpha value is -2.51. The normalized spacial score (nSPS) is 19.1. The minimum atomic E-state index is -2.41. The van der Waals surface area contributed by atoms with Crippen molar-refractivity contribution < 1.29 is 63.7 Å². The van der Waals surface area contributed by atoms with Crippen LogP contribution in [0.1, 0.15) is 61.0 Å². The Bertz CT molecular complexity index is 1310. The quantitative estimate of drug-likeness (QED) is 0.200. The predicted molar refractivity (Wildman–Crippen MR) is 128 cm³/mol. The maximum atomic E-state index is 15.5. The van der Waals surface area contributed by atoms with Gasteiger partial charge in [0.2, 0.25) is 5.43 Å². The van der Waals surface area contributed by atoms with E-state index in [2.05, 4.69) is 5.32 Å². The molecular weight excluding hydrogens is 498 g/mol. The van der Waals surface area contributed by atoms with Gasteiger partial charge in [0.1, 0.15) is 11.4 Å². The molecule has 1 saturated heterocycles. The largest absolute Gasteiger partial charge is 1.00 e. The second-order valence-electron chi connectivity index (χ2n) is 9.59. The maximum absolute atomic E-state index is 15.5. The van der Waals surface area contributed by atoms with Crippen LogP contribution in [-0.4, -0.2) is 62.6 Å². The van der Waals surface area contributed by atoms with Crippen LogP contribution in [0, 0.1) is 5.82 Å². The number of carboxylic acid groups (broad SMARTS) is 2. The van der Waals surface area contributed by atoms with Gasteiger partial charge in [-0.25, -0.2) is 9.18 Å². The van der Waals surface area contributed by atoms with Crippen molar-refractivity contribution >= 4 is 34.4 Å². The van der Waals surface area contributed by atoms with Crippen molar-refractivity contribution in [2.75, 3.05) is 18.0 Å². The summed E-state index contributed by atoms with van der Waals surface area (Å²) in [6, 6.07) is 0.965. The fourth-order valence-corrected chi connectivity index (χ4v) is 5.02. The van der Waals surface area contributed by atoms with Gasteiger partial charge in [0, 0.05) is 49.1 Å². The van der Waals surface area contributed by atoms with Crippen LogP contribution in [0.4, 0.5) is 10.1 Å². The van der Waals surface area contributed by atoms with E-state index in [1.807, 2.05) is 11.8 Å². The van der Waals surface area contributed by atoms with Crippen LogP contribution in [0.2, 0.25) is 0 Å². The molecule has 1 aromatic carbocycles. The summed E-state index contributed by atoms with van der Waals surface area (Å²) in [6.07, 6.45) is 1.83. The maximum Gasteiger partial charge on any atom is 1.00 e. The molecule has 2 atom stereocenters. The summed E-state index contributed by atoms with van der Waals surface area (Å²) < 4.78 is 17.2. The summed E-state index contributed by atoms with van der Waals surface area (Å²) in [5, 5.41) is 30.3. The number of rotatable bonds is 7. The molecule has 11 nitrogen and oxygen atoms in total. The summed E-state index contributed by atoms with van der Waals surface area (Å²) >= 11 is 0. The van der Waals surface area contributed by atoms with Crippen molar-refractivity contribution in [1.29, 1.82) is 0 Å². The number of hydrogen-bond acceptors (Lipinski definition) is 7. The van der Waals surface area contributed by atoms with Crippen LogP contribution >= 0.6 is 0 Å². The Kier molecular flexibility index (Phi) is 8.70. The topological polar surface area (TPSA) is 175 Å². The number of aliphatic hydroxyl groups is 1. The first-order valence-electron chi connectivity index (χ1n) is 11.8. The molecular formula is C24H29FN4NaO7+. The molecule has 4 rings (SSSR count). The molecule has 37 heavy (non-hydrogen) atoms. The van der Waals surface area contributed by atoms with Gasteiger partial charge in [0.15, 0.2) is 5.66 Å². The molecule has 1 fully saturated rings. The van der Waals surface area contributed by atoms with Crippen LogP contribution in [0.15, 0.2) is 17.1 Å². The third kappa shape index (κ3) is 5.53. The molecule has 6 N–H and O–H groups in total. The first-order valence-corrected chi connectivity index (χ1v) is 11.8. The van der Waals surface area contributed by atoms with Gasteiger partial charge < -0.3 is 30.1 Å². The molecule has 1 amide bonds. The summed E-state index contributed by atoms with van der Waals surface area (Å²) in [5.41, 5.74) is 3.73. The molecule has 13 heteroatoms. The summed E-state index contributed by atoms with van der Waals surface area (Å²) in [7, 11) is 0. The number of carboxylic acids is 2. The van der Waals surface area contributed by atoms with Gasteiger partial charge in [-0.05, 0) is 38.7 Å². The van der Waals surface area contributed by atoms with E-state index in [-0.39, 0.29) is 41.0 Å². The Morgan fingerprint density at radius 1 is 1.22 bits per heavy atom. The van der Waals surface area contributed by atoms with Crippen molar-refractivity contribution in [3.05, 3.63) is 39.4 Å². The van der Waals surface area contributed by atoms with Crippen molar-refractivity contribution in [1.82, 2.24) is 9.88 Å². The Morgan fingerprint density at radius 3 is 2.46 bits per heavy atom. The van der Waals surface area contributed by atoms with Crippen molar-refractivity contribution in [2.45, 2.75) is 63.3 Å². The number of carbonyl (C=O) groups is 3. The van der Waals surface area contributed by atoms with Crippen LogP contribution < -0.4 is 50.9 Å². The molecule has 1 unspecified atom stereocenters. The number of aliphatic carboxylic acids is 2. The van der Waals surface area contributed by atoms with E-state index in [1.165, 1.54) is 6.20 Å². The monoisotopic (exact) mass is 527 g/mol. The fourth-order valence-electron chi connectivity index (χ4n) is 5.02. The van der Waals surface area contributed by atoms with Gasteiger partial charge >= 0.3 is 41.5 Å². The molecule has 0 saturated carbocycles. The number of nitrogens with zero attached hydrogens (tertiary/aromatic N) is 2. The number of amides is 1. The smallest absolute Gasteiger partial charge is 0.481 e. The minimum absolute atomic E-state index is 0. The Balaban J connectivity index is 0.00000380. The number of benzene rings is 1. The number of halogens is 1. The molecule has 2 aromatic rings. The SMILES string of the molecule is C[C@H]1CCc2c(N3CCC(O)CC3)c(F)cc3c(=O)c(C(=O)NC(N)(CCC(=O)O)C(=O)O)cn1c23.[Na+]. The van der Waals surface area contributed by atoms with Gasteiger partial charge in [0.25, 0.3) is 5.91 Å². The van der Waals surface area contributed by atoms with Gasteiger partial charge in [0.05, 0.1) is 17.3 Å². The summed E-state index contributed by atoms with van der Waals surface area (Å²) in [5.74, 6) is -4.65. The fraction of sp³-hybridized carbons (Fsp3) is 0.500. The van der Waals surface area contributed by atoms with Gasteiger partial charge in [-0.1, -0.05) is 0 Å². The number of aliphatic hydroxyl groups excluding tert-OH is 1. The van der Waals surface area contributed by atoms with Crippen molar-refractivity contribution in [2.24, 2.45) is 5.73 Å². The molecule has 0 spiro atoms. The van der Waals surface area contributed by atoms with E-state index in [0.29, 0.717) is 55.5 Å². The molecule has 0 radical (unpaired) electrons. The van der Waals surface area contributed by atoms with Crippen molar-refractivity contribution in [3.8, 4) is 0 Å². The molecule has 0 aliphatic carbocycles. The van der Waals surface area contributed by atoms with E-state index < -0.39 is 59.3 Å². The molecule has 194 valence electrons. The summed E-state index contributed by atoms with van der Waals surface area (Å²) in [4.78, 5) is 50.9. The van der Waals surface area contributed by atoms with Crippen LogP contribution in [0.25, 0.3) is 10.9 Å². The zero-order valence-electron chi connectivity index (χ0n) is 20.8. The number of anilines is 1. The van der Waals surface area contributed by atoms with Crippen LogP contribution in [-0.2, 0) is 16.0 Å². The number of aryl methyl sites for hydroxylation is 1. The number of piperidine rings is 1. The number of nitrogens with two attached hydrogens (primary N) is 1. The number of pyridine rings is 1. The third-order valence-electron chi connectivity index (χ3n) is 7.10. The molecule has 2 aliphatic heterocycles. The number of nitrogens with one attached hydrogen (secondary N) is 1. The van der Waals surface area contributed by atoms with Crippen molar-refractivity contribution in [3.63, 3.8) is 0 Å². The van der Waals surface area contributed by atoms with E-state index in [4.69, 9.17) is 10.8 Å². The van der Waals surface area contributed by atoms with Crippen LogP contribution in [0.3, 0.4) is 0 Å². The minimum Gasteiger partial charge on any atom is -0.481 e. The molecule has 0 bridgehead atoms. The summed E-state index contributed by atoms with van der Waals surface area (Å²) in [6.45, 7) is 2.84. The zero-order valence-corrected chi connectivity index (χ0v) is 22.8. The molecule has 3 heterocycles. The van der Waals surface area contributed by atoms with Gasteiger partial charge in [-0.15, -0.1) is 0 Å². The van der Waals surface area contributed by atoms with Gasteiger partial charge in [-0.2, -0.15) is 0 Å². The molecule has 1 aromatic heterocycles. The third-order valence-corrected chi connectivity index (χ3v) is 7.10. The zero-order chi connectivity index (χ0) is 26.4. The van der Waals surface area contributed by atoms with Crippen LogP contribution in [0.5, 0.6) is 0 Å². The van der Waals surface area contributed by atoms with E-state index >= 15 is 4.39 Å². The number of carbonyl (C=O) groups excluding carboxylic acids is 1.